The van der Waals surface area contributed by atoms with Gasteiger partial charge in [0.05, 0.1) is 32.2 Å². The van der Waals surface area contributed by atoms with Gasteiger partial charge in [-0.2, -0.15) is 9.61 Å². The maximum atomic E-state index is 12.7. The molecule has 170 valence electrons. The molecule has 0 fully saturated rings. The fourth-order valence-electron chi connectivity index (χ4n) is 2.73. The highest BCUT2D eigenvalue weighted by molar-refractivity contribution is 6.29. The number of nitrogens with two attached hydrogens (primary N) is 1. The van der Waals surface area contributed by atoms with Crippen LogP contribution in [0.3, 0.4) is 0 Å². The first-order chi connectivity index (χ1) is 15.3. The number of nitrogens with one attached hydrogen (secondary N) is 2. The van der Waals surface area contributed by atoms with Crippen LogP contribution >= 0.6 is 11.6 Å². The van der Waals surface area contributed by atoms with Crippen molar-refractivity contribution in [3.63, 3.8) is 0 Å². The average molecular weight is 464 g/mol. The van der Waals surface area contributed by atoms with Crippen LogP contribution in [-0.2, 0) is 11.3 Å². The second-order valence-corrected chi connectivity index (χ2v) is 7.02. The van der Waals surface area contributed by atoms with Gasteiger partial charge < -0.3 is 30.6 Å². The van der Waals surface area contributed by atoms with E-state index >= 15 is 0 Å². The maximum Gasteiger partial charge on any atom is 0.413 e. The van der Waals surface area contributed by atoms with Gasteiger partial charge in [0.25, 0.3) is 5.91 Å². The van der Waals surface area contributed by atoms with Gasteiger partial charge in [0.15, 0.2) is 17.2 Å². The summed E-state index contributed by atoms with van der Waals surface area (Å²) >= 11 is 6.01. The number of anilines is 1. The fraction of sp³-hybridized carbons (Fsp3) is 0.316. The molecule has 0 aliphatic heterocycles. The molecule has 0 spiro atoms. The Hall–Kier alpha value is -3.64. The summed E-state index contributed by atoms with van der Waals surface area (Å²) in [7, 11) is 2.92. The lowest BCUT2D eigenvalue weighted by Crippen LogP contribution is -2.35. The number of fused-ring (bicyclic) bond motifs is 1. The number of halogens is 1. The van der Waals surface area contributed by atoms with Crippen LogP contribution < -0.4 is 25.8 Å². The van der Waals surface area contributed by atoms with Crippen molar-refractivity contribution in [1.29, 1.82) is 0 Å². The van der Waals surface area contributed by atoms with E-state index in [0.29, 0.717) is 11.4 Å². The van der Waals surface area contributed by atoms with Gasteiger partial charge in [-0.3, -0.25) is 4.79 Å². The molecule has 3 aromatic heterocycles. The van der Waals surface area contributed by atoms with Gasteiger partial charge in [-0.15, -0.1) is 0 Å². The summed E-state index contributed by atoms with van der Waals surface area (Å²) in [4.78, 5) is 32.5. The summed E-state index contributed by atoms with van der Waals surface area (Å²) in [6.45, 7) is 2.21. The normalized spacial score (nSPS) is 11.8. The minimum atomic E-state index is -0.714. The zero-order valence-corrected chi connectivity index (χ0v) is 18.3. The van der Waals surface area contributed by atoms with Crippen molar-refractivity contribution in [3.05, 3.63) is 40.8 Å². The molecule has 12 nitrogen and oxygen atoms in total. The molecule has 0 aromatic carbocycles. The molecular weight excluding hydrogens is 442 g/mol. The Morgan fingerprint density at radius 3 is 2.78 bits per heavy atom. The number of hydrogen-bond donors (Lipinski definition) is 3. The number of nitrogens with zero attached hydrogens (tertiary/aromatic N) is 4. The Balaban J connectivity index is 1.62. The van der Waals surface area contributed by atoms with E-state index in [1.165, 1.54) is 30.9 Å². The molecule has 3 rings (SSSR count). The van der Waals surface area contributed by atoms with Gasteiger partial charge in [0, 0.05) is 19.2 Å². The van der Waals surface area contributed by atoms with Crippen molar-refractivity contribution in [2.24, 2.45) is 0 Å². The van der Waals surface area contributed by atoms with Crippen molar-refractivity contribution < 1.29 is 23.8 Å². The van der Waals surface area contributed by atoms with Crippen LogP contribution in [0.1, 0.15) is 23.0 Å². The molecule has 32 heavy (non-hydrogen) atoms. The molecule has 2 amide bonds. The van der Waals surface area contributed by atoms with Crippen LogP contribution in [-0.4, -0.2) is 58.4 Å². The van der Waals surface area contributed by atoms with E-state index in [1.54, 1.807) is 19.1 Å². The summed E-state index contributed by atoms with van der Waals surface area (Å²) in [6.07, 6.45) is 0.594. The quantitative estimate of drug-likeness (QED) is 0.420. The minimum absolute atomic E-state index is 0.0149. The van der Waals surface area contributed by atoms with E-state index in [-0.39, 0.29) is 47.3 Å². The lowest BCUT2D eigenvalue weighted by molar-refractivity contribution is 0.0814. The number of methoxy groups -OCH3 is 1. The number of ether oxygens (including phenoxy) is 3. The molecule has 4 N–H and O–H groups in total. The van der Waals surface area contributed by atoms with E-state index in [2.05, 4.69) is 25.7 Å². The highest BCUT2D eigenvalue weighted by Gasteiger charge is 2.20. The molecule has 0 saturated carbocycles. The Kier molecular flexibility index (Phi) is 7.28. The zero-order valence-electron chi connectivity index (χ0n) is 17.6. The molecule has 13 heteroatoms. The lowest BCUT2D eigenvalue weighted by Gasteiger charge is -2.14. The molecular formula is C19H22ClN7O5. The number of pyridine rings is 1. The van der Waals surface area contributed by atoms with Gasteiger partial charge in [-0.05, 0) is 19.1 Å². The van der Waals surface area contributed by atoms with Crippen LogP contribution in [0.4, 0.5) is 10.6 Å². The highest BCUT2D eigenvalue weighted by Crippen LogP contribution is 2.21. The lowest BCUT2D eigenvalue weighted by atomic mass is 10.2. The molecule has 0 aliphatic rings. The van der Waals surface area contributed by atoms with Crippen LogP contribution in [0, 0.1) is 0 Å². The topological polar surface area (TPSA) is 155 Å². The van der Waals surface area contributed by atoms with Gasteiger partial charge in [0.2, 0.25) is 5.88 Å². The van der Waals surface area contributed by atoms with Crippen molar-refractivity contribution in [3.8, 4) is 11.6 Å². The fourth-order valence-corrected chi connectivity index (χ4v) is 2.90. The minimum Gasteiger partial charge on any atom is -0.493 e. The van der Waals surface area contributed by atoms with Crippen molar-refractivity contribution >= 4 is 35.1 Å². The van der Waals surface area contributed by atoms with Gasteiger partial charge in [0.1, 0.15) is 10.7 Å². The van der Waals surface area contributed by atoms with Crippen LogP contribution in [0.15, 0.2) is 24.4 Å². The first-order valence-corrected chi connectivity index (χ1v) is 9.82. The third-order valence-electron chi connectivity index (χ3n) is 4.21. The Morgan fingerprint density at radius 2 is 2.09 bits per heavy atom. The van der Waals surface area contributed by atoms with Crippen molar-refractivity contribution in [2.45, 2.75) is 19.6 Å². The van der Waals surface area contributed by atoms with Gasteiger partial charge in [-0.25, -0.2) is 14.8 Å². The van der Waals surface area contributed by atoms with E-state index in [0.717, 1.165) is 0 Å². The first kappa shape index (κ1) is 23.0. The predicted molar refractivity (Wildman–Crippen MR) is 115 cm³/mol. The summed E-state index contributed by atoms with van der Waals surface area (Å²) in [5.74, 6) is 0.332. The number of carbonyl (C=O) groups is 2. The molecule has 1 atom stereocenters. The molecule has 3 aromatic rings. The average Bonchev–Trinajstić information content (AvgIpc) is 3.17. The maximum absolute atomic E-state index is 12.7. The Bertz CT molecular complexity index is 1140. The molecule has 0 radical (unpaired) electrons. The van der Waals surface area contributed by atoms with Crippen molar-refractivity contribution in [2.75, 3.05) is 26.5 Å². The largest absolute Gasteiger partial charge is 0.493 e. The predicted octanol–water partition coefficient (Wildman–Crippen LogP) is 1.42. The number of rotatable bonds is 8. The molecule has 0 aliphatic carbocycles. The van der Waals surface area contributed by atoms with Crippen LogP contribution in [0.25, 0.3) is 5.65 Å². The third-order valence-corrected chi connectivity index (χ3v) is 4.41. The van der Waals surface area contributed by atoms with Gasteiger partial charge >= 0.3 is 6.09 Å². The second-order valence-electron chi connectivity index (χ2n) is 6.63. The first-order valence-electron chi connectivity index (χ1n) is 9.44. The summed E-state index contributed by atoms with van der Waals surface area (Å²) in [5.41, 5.74) is 6.71. The highest BCUT2D eigenvalue weighted by atomic mass is 35.5. The molecule has 3 heterocycles. The molecule has 1 unspecified atom stereocenters. The van der Waals surface area contributed by atoms with Crippen molar-refractivity contribution in [1.82, 2.24) is 30.2 Å². The second kappa shape index (κ2) is 10.1. The van der Waals surface area contributed by atoms with E-state index in [1.807, 2.05) is 0 Å². The van der Waals surface area contributed by atoms with E-state index in [9.17, 15) is 9.59 Å². The monoisotopic (exact) mass is 463 g/mol. The summed E-state index contributed by atoms with van der Waals surface area (Å²) in [6, 6.07) is 4.42. The standard InChI is InChI=1S/C19H22ClN7O5/c1-10(8-31-9-11-4-5-13(30-3)16(21)25-11)24-18(28)12-7-23-27-15(32-19(29)22-2)6-14(20)26-17(12)27/h4-7,10H,8-9H2,1-3H3,(H2,21,25)(H,22,29)(H,24,28). The number of hydrogen-bond acceptors (Lipinski definition) is 9. The summed E-state index contributed by atoms with van der Waals surface area (Å²) in [5, 5.41) is 9.22. The smallest absolute Gasteiger partial charge is 0.413 e. The number of aromatic nitrogens is 4. The third kappa shape index (κ3) is 5.34. The van der Waals surface area contributed by atoms with Crippen LogP contribution in [0.5, 0.6) is 11.6 Å². The Morgan fingerprint density at radius 1 is 1.31 bits per heavy atom. The zero-order chi connectivity index (χ0) is 23.3. The van der Waals surface area contributed by atoms with Gasteiger partial charge in [-0.1, -0.05) is 11.6 Å². The Labute approximate surface area is 188 Å². The molecule has 0 saturated heterocycles. The number of carbonyl (C=O) groups excluding carboxylic acids is 2. The number of amides is 2. The van der Waals surface area contributed by atoms with Crippen LogP contribution in [0.2, 0.25) is 5.15 Å². The number of nitrogen functional groups attached to an aromatic ring is 1. The van der Waals surface area contributed by atoms with E-state index in [4.69, 9.17) is 31.5 Å². The SMILES string of the molecule is CNC(=O)Oc1cc(Cl)nc2c(C(=O)NC(C)COCc3ccc(OC)c(N)n3)cnn12. The summed E-state index contributed by atoms with van der Waals surface area (Å²) < 4.78 is 17.0. The molecule has 0 bridgehead atoms. The van der Waals surface area contributed by atoms with E-state index < -0.39 is 12.0 Å².